The number of benzene rings is 1. The number of anilines is 1. The van der Waals surface area contributed by atoms with Crippen molar-refractivity contribution in [2.24, 2.45) is 0 Å². The Morgan fingerprint density at radius 2 is 2.00 bits per heavy atom. The standard InChI is InChI=1S/C24H24N4O5/c1-13(20(29)15-9-16(31-4)21-17(10-15)32-12-33-21)18-19(14-5-7-25-8-6-14)26-23-27-24(2,3)11-28(23)22(18)30/h5-10,13H,11-12H2,1-4H3,(H,26,27). The lowest BCUT2D eigenvalue weighted by atomic mass is 9.90. The molecule has 9 heteroatoms. The molecule has 3 aromatic rings. The van der Waals surface area contributed by atoms with Crippen LogP contribution in [0.2, 0.25) is 0 Å². The van der Waals surface area contributed by atoms with Crippen LogP contribution in [0, 0.1) is 0 Å². The minimum atomic E-state index is -0.764. The monoisotopic (exact) mass is 448 g/mol. The van der Waals surface area contributed by atoms with E-state index in [1.807, 2.05) is 13.8 Å². The second-order valence-corrected chi connectivity index (χ2v) is 8.83. The Morgan fingerprint density at radius 3 is 2.73 bits per heavy atom. The lowest BCUT2D eigenvalue weighted by Crippen LogP contribution is -2.31. The van der Waals surface area contributed by atoms with E-state index in [1.54, 1.807) is 48.1 Å². The van der Waals surface area contributed by atoms with Gasteiger partial charge >= 0.3 is 0 Å². The lowest BCUT2D eigenvalue weighted by molar-refractivity contribution is 0.0964. The molecule has 1 aromatic carbocycles. The van der Waals surface area contributed by atoms with E-state index in [0.29, 0.717) is 46.6 Å². The smallest absolute Gasteiger partial charge is 0.259 e. The van der Waals surface area contributed by atoms with Crippen molar-refractivity contribution in [1.82, 2.24) is 14.5 Å². The van der Waals surface area contributed by atoms with Gasteiger partial charge in [-0.2, -0.15) is 0 Å². The summed E-state index contributed by atoms with van der Waals surface area (Å²) in [7, 11) is 1.50. The van der Waals surface area contributed by atoms with Crippen LogP contribution in [0.15, 0.2) is 41.5 Å². The first-order valence-corrected chi connectivity index (χ1v) is 10.6. The van der Waals surface area contributed by atoms with Crippen LogP contribution < -0.4 is 25.1 Å². The second-order valence-electron chi connectivity index (χ2n) is 8.83. The molecule has 0 saturated carbocycles. The van der Waals surface area contributed by atoms with Crippen molar-refractivity contribution in [2.75, 3.05) is 19.2 Å². The summed E-state index contributed by atoms with van der Waals surface area (Å²) in [5.74, 6) is 0.793. The fourth-order valence-electron chi connectivity index (χ4n) is 4.32. The van der Waals surface area contributed by atoms with E-state index in [0.717, 1.165) is 5.56 Å². The van der Waals surface area contributed by atoms with Gasteiger partial charge < -0.3 is 19.5 Å². The molecule has 4 heterocycles. The molecule has 1 unspecified atom stereocenters. The number of aromatic nitrogens is 3. The summed E-state index contributed by atoms with van der Waals surface area (Å²) in [6.45, 7) is 6.24. The quantitative estimate of drug-likeness (QED) is 0.593. The average Bonchev–Trinajstić information content (AvgIpc) is 3.41. The summed E-state index contributed by atoms with van der Waals surface area (Å²) in [6.07, 6.45) is 3.27. The zero-order valence-corrected chi connectivity index (χ0v) is 18.8. The number of pyridine rings is 1. The second kappa shape index (κ2) is 7.61. The molecular weight excluding hydrogens is 424 g/mol. The van der Waals surface area contributed by atoms with Crippen molar-refractivity contribution in [3.8, 4) is 28.5 Å². The fraction of sp³-hybridized carbons (Fsp3) is 0.333. The molecule has 2 aromatic heterocycles. The lowest BCUT2D eigenvalue weighted by Gasteiger charge is -2.17. The van der Waals surface area contributed by atoms with Crippen LogP contribution in [-0.4, -0.2) is 39.8 Å². The maximum Gasteiger partial charge on any atom is 0.259 e. The third kappa shape index (κ3) is 3.49. The van der Waals surface area contributed by atoms with E-state index in [2.05, 4.69) is 10.3 Å². The first-order valence-electron chi connectivity index (χ1n) is 10.6. The van der Waals surface area contributed by atoms with E-state index >= 15 is 0 Å². The highest BCUT2D eigenvalue weighted by Crippen LogP contribution is 2.43. The molecule has 0 saturated heterocycles. The number of carbonyl (C=O) groups excluding carboxylic acids is 1. The van der Waals surface area contributed by atoms with Crippen LogP contribution in [0.4, 0.5) is 5.95 Å². The van der Waals surface area contributed by atoms with Crippen LogP contribution in [0.5, 0.6) is 17.2 Å². The predicted octanol–water partition coefficient (Wildman–Crippen LogP) is 3.23. The van der Waals surface area contributed by atoms with Gasteiger partial charge in [0.1, 0.15) is 0 Å². The summed E-state index contributed by atoms with van der Waals surface area (Å²) in [5.41, 5.74) is 1.32. The van der Waals surface area contributed by atoms with Crippen molar-refractivity contribution in [1.29, 1.82) is 0 Å². The number of Topliss-reactive ketones (excluding diaryl/α,β-unsaturated/α-hetero) is 1. The maximum atomic E-state index is 13.7. The molecule has 5 rings (SSSR count). The molecule has 2 aliphatic heterocycles. The molecular formula is C24H24N4O5. The molecule has 9 nitrogen and oxygen atoms in total. The predicted molar refractivity (Wildman–Crippen MR) is 121 cm³/mol. The highest BCUT2D eigenvalue weighted by molar-refractivity contribution is 6.02. The number of fused-ring (bicyclic) bond motifs is 2. The largest absolute Gasteiger partial charge is 0.493 e. The zero-order valence-electron chi connectivity index (χ0n) is 18.8. The highest BCUT2D eigenvalue weighted by Gasteiger charge is 2.35. The Kier molecular flexibility index (Phi) is 4.84. The number of nitrogens with zero attached hydrogens (tertiary/aromatic N) is 3. The van der Waals surface area contributed by atoms with Gasteiger partial charge in [-0.15, -0.1) is 0 Å². The van der Waals surface area contributed by atoms with Gasteiger partial charge in [-0.1, -0.05) is 6.92 Å². The Hall–Kier alpha value is -3.88. The number of ketones is 1. The Morgan fingerprint density at radius 1 is 1.24 bits per heavy atom. The van der Waals surface area contributed by atoms with Gasteiger partial charge in [-0.3, -0.25) is 19.1 Å². The number of rotatable bonds is 5. The van der Waals surface area contributed by atoms with Crippen LogP contribution in [0.3, 0.4) is 0 Å². The van der Waals surface area contributed by atoms with Crippen LogP contribution >= 0.6 is 0 Å². The van der Waals surface area contributed by atoms with Crippen molar-refractivity contribution in [3.05, 3.63) is 58.1 Å². The van der Waals surface area contributed by atoms with Gasteiger partial charge in [0, 0.05) is 23.5 Å². The van der Waals surface area contributed by atoms with Crippen molar-refractivity contribution >= 4 is 11.7 Å². The molecule has 0 bridgehead atoms. The normalized spacial score (nSPS) is 16.1. The molecule has 0 fully saturated rings. The van der Waals surface area contributed by atoms with Gasteiger partial charge in [0.25, 0.3) is 5.56 Å². The third-order valence-corrected chi connectivity index (χ3v) is 5.93. The summed E-state index contributed by atoms with van der Waals surface area (Å²) in [4.78, 5) is 36.1. The number of hydrogen-bond acceptors (Lipinski definition) is 8. The van der Waals surface area contributed by atoms with E-state index < -0.39 is 5.92 Å². The summed E-state index contributed by atoms with van der Waals surface area (Å²) in [5, 5.41) is 3.30. The van der Waals surface area contributed by atoms with Gasteiger partial charge in [0.05, 0.1) is 36.4 Å². The van der Waals surface area contributed by atoms with Crippen molar-refractivity contribution < 1.29 is 19.0 Å². The number of nitrogens with one attached hydrogen (secondary N) is 1. The summed E-state index contributed by atoms with van der Waals surface area (Å²) < 4.78 is 17.9. The SMILES string of the molecule is COc1cc(C(=O)C(C)c2c(-c3ccncc3)nc3n(c2=O)CC(C)(C)N3)cc2c1OCO2. The van der Waals surface area contributed by atoms with Crippen LogP contribution in [0.1, 0.15) is 42.6 Å². The van der Waals surface area contributed by atoms with Gasteiger partial charge in [0.15, 0.2) is 17.3 Å². The molecule has 0 aliphatic carbocycles. The Labute approximate surface area is 190 Å². The van der Waals surface area contributed by atoms with Gasteiger partial charge in [0.2, 0.25) is 18.5 Å². The minimum Gasteiger partial charge on any atom is -0.493 e. The molecule has 1 atom stereocenters. The van der Waals surface area contributed by atoms with Crippen molar-refractivity contribution in [3.63, 3.8) is 0 Å². The summed E-state index contributed by atoms with van der Waals surface area (Å²) in [6, 6.07) is 6.80. The number of ether oxygens (including phenoxy) is 3. The first-order chi connectivity index (χ1) is 15.8. The topological polar surface area (TPSA) is 105 Å². The third-order valence-electron chi connectivity index (χ3n) is 5.93. The van der Waals surface area contributed by atoms with Crippen LogP contribution in [0.25, 0.3) is 11.3 Å². The highest BCUT2D eigenvalue weighted by atomic mass is 16.7. The molecule has 1 N–H and O–H groups in total. The average molecular weight is 448 g/mol. The van der Waals surface area contributed by atoms with Gasteiger partial charge in [-0.05, 0) is 38.1 Å². The Balaban J connectivity index is 1.65. The maximum absolute atomic E-state index is 13.7. The van der Waals surface area contributed by atoms with E-state index in [1.165, 1.54) is 7.11 Å². The number of hydrogen-bond donors (Lipinski definition) is 1. The van der Waals surface area contributed by atoms with Gasteiger partial charge in [-0.25, -0.2) is 4.98 Å². The molecule has 33 heavy (non-hydrogen) atoms. The van der Waals surface area contributed by atoms with E-state index in [-0.39, 0.29) is 23.7 Å². The molecule has 0 spiro atoms. The zero-order chi connectivity index (χ0) is 23.3. The fourth-order valence-corrected chi connectivity index (χ4v) is 4.32. The Bertz CT molecular complexity index is 1320. The first kappa shape index (κ1) is 21.0. The molecule has 170 valence electrons. The number of carbonyl (C=O) groups is 1. The summed E-state index contributed by atoms with van der Waals surface area (Å²) >= 11 is 0. The minimum absolute atomic E-state index is 0.0595. The van der Waals surface area contributed by atoms with Crippen molar-refractivity contribution in [2.45, 2.75) is 38.8 Å². The molecule has 2 aliphatic rings. The van der Waals surface area contributed by atoms with E-state index in [9.17, 15) is 9.59 Å². The van der Waals surface area contributed by atoms with E-state index in [4.69, 9.17) is 19.2 Å². The van der Waals surface area contributed by atoms with Crippen LogP contribution in [-0.2, 0) is 6.54 Å². The number of methoxy groups -OCH3 is 1. The molecule has 0 radical (unpaired) electrons. The molecule has 0 amide bonds.